The first-order chi connectivity index (χ1) is 9.11. The zero-order valence-corrected chi connectivity index (χ0v) is 11.5. The Bertz CT molecular complexity index is 460. The highest BCUT2D eigenvalue weighted by Gasteiger charge is 2.16. The predicted octanol–water partition coefficient (Wildman–Crippen LogP) is 4.81. The lowest BCUT2D eigenvalue weighted by Crippen LogP contribution is -2.10. The van der Waals surface area contributed by atoms with Crippen LogP contribution in [0.3, 0.4) is 0 Å². The highest BCUT2D eigenvalue weighted by atomic mass is 19.2. The molecule has 0 spiro atoms. The molecule has 1 aromatic rings. The van der Waals surface area contributed by atoms with Crippen molar-refractivity contribution in [2.24, 2.45) is 11.8 Å². The summed E-state index contributed by atoms with van der Waals surface area (Å²) in [6, 6.07) is 3.01. The van der Waals surface area contributed by atoms with E-state index in [1.807, 2.05) is 6.08 Å². The molecule has 0 amide bonds. The van der Waals surface area contributed by atoms with Crippen LogP contribution in [0.25, 0.3) is 6.08 Å². The SMILES string of the molecule is COc1ccc(C=CC2CCC(C)CC2)c(F)c1F. The molecule has 3 heteroatoms. The van der Waals surface area contributed by atoms with Crippen LogP contribution >= 0.6 is 0 Å². The van der Waals surface area contributed by atoms with Crippen LogP contribution in [0.5, 0.6) is 5.75 Å². The van der Waals surface area contributed by atoms with Crippen molar-refractivity contribution in [1.82, 2.24) is 0 Å². The first-order valence-corrected chi connectivity index (χ1v) is 6.82. The molecule has 0 unspecified atom stereocenters. The van der Waals surface area contributed by atoms with E-state index >= 15 is 0 Å². The smallest absolute Gasteiger partial charge is 0.201 e. The molecule has 0 saturated heterocycles. The Morgan fingerprint density at radius 1 is 1.11 bits per heavy atom. The summed E-state index contributed by atoms with van der Waals surface area (Å²) in [7, 11) is 1.33. The molecule has 0 aromatic heterocycles. The summed E-state index contributed by atoms with van der Waals surface area (Å²) >= 11 is 0. The number of methoxy groups -OCH3 is 1. The average molecular weight is 266 g/mol. The van der Waals surface area contributed by atoms with Gasteiger partial charge in [0.15, 0.2) is 11.6 Å². The van der Waals surface area contributed by atoms with Crippen molar-refractivity contribution in [1.29, 1.82) is 0 Å². The van der Waals surface area contributed by atoms with E-state index in [1.54, 1.807) is 12.1 Å². The lowest BCUT2D eigenvalue weighted by atomic mass is 9.83. The first kappa shape index (κ1) is 14.0. The molecule has 1 aliphatic carbocycles. The van der Waals surface area contributed by atoms with Gasteiger partial charge in [0.05, 0.1) is 7.11 Å². The van der Waals surface area contributed by atoms with Gasteiger partial charge in [0.2, 0.25) is 5.82 Å². The minimum absolute atomic E-state index is 0.0545. The molecular formula is C16H20F2O. The third-order valence-corrected chi connectivity index (χ3v) is 3.91. The average Bonchev–Trinajstić information content (AvgIpc) is 2.42. The minimum Gasteiger partial charge on any atom is -0.494 e. The van der Waals surface area contributed by atoms with Gasteiger partial charge in [-0.1, -0.05) is 31.9 Å². The van der Waals surface area contributed by atoms with Gasteiger partial charge in [-0.15, -0.1) is 0 Å². The van der Waals surface area contributed by atoms with Crippen LogP contribution in [-0.2, 0) is 0 Å². The quantitative estimate of drug-likeness (QED) is 0.762. The predicted molar refractivity (Wildman–Crippen MR) is 73.1 cm³/mol. The number of allylic oxidation sites excluding steroid dienone is 1. The van der Waals surface area contributed by atoms with Gasteiger partial charge < -0.3 is 4.74 Å². The molecular weight excluding hydrogens is 246 g/mol. The fraction of sp³-hybridized carbons (Fsp3) is 0.500. The van der Waals surface area contributed by atoms with Gasteiger partial charge in [0.1, 0.15) is 0 Å². The Morgan fingerprint density at radius 2 is 1.79 bits per heavy atom. The van der Waals surface area contributed by atoms with Crippen molar-refractivity contribution < 1.29 is 13.5 Å². The third-order valence-electron chi connectivity index (χ3n) is 3.91. The number of benzene rings is 1. The Labute approximate surface area is 113 Å². The fourth-order valence-electron chi connectivity index (χ4n) is 2.55. The van der Waals surface area contributed by atoms with Crippen LogP contribution < -0.4 is 4.74 Å². The van der Waals surface area contributed by atoms with Crippen molar-refractivity contribution in [3.63, 3.8) is 0 Å². The second-order valence-electron chi connectivity index (χ2n) is 5.36. The number of halogens is 2. The van der Waals surface area contributed by atoms with E-state index in [1.165, 1.54) is 26.0 Å². The molecule has 1 nitrogen and oxygen atoms in total. The van der Waals surface area contributed by atoms with Crippen LogP contribution in [0.2, 0.25) is 0 Å². The van der Waals surface area contributed by atoms with Gasteiger partial charge in [-0.3, -0.25) is 0 Å². The molecule has 0 N–H and O–H groups in total. The standard InChI is InChI=1S/C16H20F2O/c1-11-3-5-12(6-4-11)7-8-13-9-10-14(19-2)16(18)15(13)17/h7-12H,3-6H2,1-2H3. The summed E-state index contributed by atoms with van der Waals surface area (Å²) in [6.07, 6.45) is 8.41. The Morgan fingerprint density at radius 3 is 2.42 bits per heavy atom. The number of ether oxygens (including phenoxy) is 1. The van der Waals surface area contributed by atoms with Gasteiger partial charge in [-0.05, 0) is 36.8 Å². The van der Waals surface area contributed by atoms with Crippen molar-refractivity contribution in [2.75, 3.05) is 7.11 Å². The molecule has 0 heterocycles. The van der Waals surface area contributed by atoms with Crippen molar-refractivity contribution in [3.05, 3.63) is 35.4 Å². The van der Waals surface area contributed by atoms with Crippen molar-refractivity contribution in [2.45, 2.75) is 32.6 Å². The van der Waals surface area contributed by atoms with Crippen LogP contribution in [0.4, 0.5) is 8.78 Å². The van der Waals surface area contributed by atoms with Crippen LogP contribution in [0.1, 0.15) is 38.2 Å². The summed E-state index contributed by atoms with van der Waals surface area (Å²) in [5.74, 6) is -0.525. The number of hydrogen-bond donors (Lipinski definition) is 0. The van der Waals surface area contributed by atoms with E-state index < -0.39 is 11.6 Å². The van der Waals surface area contributed by atoms with Crippen LogP contribution in [0, 0.1) is 23.5 Å². The second kappa shape index (κ2) is 6.18. The number of rotatable bonds is 3. The van der Waals surface area contributed by atoms with Crippen molar-refractivity contribution >= 4 is 6.08 Å². The fourth-order valence-corrected chi connectivity index (χ4v) is 2.55. The molecule has 19 heavy (non-hydrogen) atoms. The summed E-state index contributed by atoms with van der Waals surface area (Å²) < 4.78 is 32.1. The lowest BCUT2D eigenvalue weighted by Gasteiger charge is -2.23. The van der Waals surface area contributed by atoms with Crippen LogP contribution in [0.15, 0.2) is 18.2 Å². The number of hydrogen-bond acceptors (Lipinski definition) is 1. The normalized spacial score (nSPS) is 23.8. The molecule has 0 aliphatic heterocycles. The van der Waals surface area contributed by atoms with E-state index in [0.717, 1.165) is 18.8 Å². The van der Waals surface area contributed by atoms with Gasteiger partial charge in [0.25, 0.3) is 0 Å². The van der Waals surface area contributed by atoms with E-state index in [9.17, 15) is 8.78 Å². The largest absolute Gasteiger partial charge is 0.494 e. The van der Waals surface area contributed by atoms with Gasteiger partial charge in [0, 0.05) is 5.56 Å². The monoisotopic (exact) mass is 266 g/mol. The third kappa shape index (κ3) is 3.34. The van der Waals surface area contributed by atoms with Gasteiger partial charge >= 0.3 is 0 Å². The Hall–Kier alpha value is -1.38. The highest BCUT2D eigenvalue weighted by Crippen LogP contribution is 2.30. The molecule has 104 valence electrons. The molecule has 2 rings (SSSR count). The summed E-state index contributed by atoms with van der Waals surface area (Å²) in [5, 5.41) is 0. The summed E-state index contributed by atoms with van der Waals surface area (Å²) in [6.45, 7) is 2.26. The second-order valence-corrected chi connectivity index (χ2v) is 5.36. The van der Waals surface area contributed by atoms with Gasteiger partial charge in [-0.25, -0.2) is 4.39 Å². The maximum atomic E-state index is 13.8. The van der Waals surface area contributed by atoms with E-state index in [2.05, 4.69) is 6.92 Å². The first-order valence-electron chi connectivity index (χ1n) is 6.82. The molecule has 0 bridgehead atoms. The van der Waals surface area contributed by atoms with Crippen LogP contribution in [-0.4, -0.2) is 7.11 Å². The minimum atomic E-state index is -0.915. The zero-order chi connectivity index (χ0) is 13.8. The van der Waals surface area contributed by atoms with E-state index in [-0.39, 0.29) is 11.3 Å². The van der Waals surface area contributed by atoms with E-state index in [0.29, 0.717) is 5.92 Å². The zero-order valence-electron chi connectivity index (χ0n) is 11.5. The van der Waals surface area contributed by atoms with Crippen molar-refractivity contribution in [3.8, 4) is 5.75 Å². The lowest BCUT2D eigenvalue weighted by molar-refractivity contribution is 0.331. The molecule has 1 aliphatic rings. The Balaban J connectivity index is 2.09. The topological polar surface area (TPSA) is 9.23 Å². The highest BCUT2D eigenvalue weighted by molar-refractivity contribution is 5.52. The molecule has 1 saturated carbocycles. The molecule has 0 atom stereocenters. The maximum Gasteiger partial charge on any atom is 0.201 e. The Kier molecular flexibility index (Phi) is 4.56. The maximum absolute atomic E-state index is 13.8. The van der Waals surface area contributed by atoms with Gasteiger partial charge in [-0.2, -0.15) is 4.39 Å². The molecule has 0 radical (unpaired) electrons. The molecule has 1 fully saturated rings. The summed E-state index contributed by atoms with van der Waals surface area (Å²) in [4.78, 5) is 0. The summed E-state index contributed by atoms with van der Waals surface area (Å²) in [5.41, 5.74) is 0.289. The van der Waals surface area contributed by atoms with E-state index in [4.69, 9.17) is 4.74 Å². The molecule has 1 aromatic carbocycles.